The predicted octanol–water partition coefficient (Wildman–Crippen LogP) is 5.05. The second-order valence-corrected chi connectivity index (χ2v) is 7.97. The van der Waals surface area contributed by atoms with Crippen molar-refractivity contribution in [2.45, 2.75) is 12.6 Å². The second-order valence-electron chi connectivity index (χ2n) is 7.97. The third-order valence-electron chi connectivity index (χ3n) is 5.61. The van der Waals surface area contributed by atoms with Gasteiger partial charge in [0.05, 0.1) is 13.2 Å². The minimum atomic E-state index is -0.266. The number of furan rings is 1. The molecule has 0 saturated heterocycles. The Labute approximate surface area is 193 Å². The van der Waals surface area contributed by atoms with E-state index in [0.717, 1.165) is 28.0 Å². The lowest BCUT2D eigenvalue weighted by Crippen LogP contribution is -2.34. The first-order valence-corrected chi connectivity index (χ1v) is 10.8. The summed E-state index contributed by atoms with van der Waals surface area (Å²) in [4.78, 5) is 15.3. The molecule has 4 rings (SSSR count). The SMILES string of the molecule is COc1ccc(C(CNC(=O)c2oc3ccccc3c2COc2ccccc2)N(C)C)cc1. The van der Waals surface area contributed by atoms with E-state index < -0.39 is 0 Å². The van der Waals surface area contributed by atoms with Crippen LogP contribution in [0.2, 0.25) is 0 Å². The summed E-state index contributed by atoms with van der Waals surface area (Å²) in [6.45, 7) is 0.660. The number of fused-ring (bicyclic) bond motifs is 1. The Kier molecular flexibility index (Phi) is 6.95. The highest BCUT2D eigenvalue weighted by atomic mass is 16.5. The molecule has 1 atom stereocenters. The van der Waals surface area contributed by atoms with Gasteiger partial charge in [0.2, 0.25) is 0 Å². The Balaban J connectivity index is 1.54. The van der Waals surface area contributed by atoms with Gasteiger partial charge in [0.1, 0.15) is 23.7 Å². The van der Waals surface area contributed by atoms with Crippen LogP contribution in [0.25, 0.3) is 11.0 Å². The van der Waals surface area contributed by atoms with Crippen molar-refractivity contribution in [1.29, 1.82) is 0 Å². The number of carbonyl (C=O) groups excluding carboxylic acids is 1. The highest BCUT2D eigenvalue weighted by Gasteiger charge is 2.23. The molecule has 0 saturated carbocycles. The molecule has 0 aliphatic rings. The molecule has 0 aliphatic heterocycles. The molecule has 170 valence electrons. The van der Waals surface area contributed by atoms with Crippen LogP contribution in [-0.2, 0) is 6.61 Å². The second kappa shape index (κ2) is 10.2. The Morgan fingerprint density at radius 3 is 2.33 bits per heavy atom. The van der Waals surface area contributed by atoms with Crippen LogP contribution < -0.4 is 14.8 Å². The lowest BCUT2D eigenvalue weighted by atomic mass is 10.1. The fourth-order valence-electron chi connectivity index (χ4n) is 3.79. The molecule has 0 fully saturated rings. The highest BCUT2D eigenvalue weighted by Crippen LogP contribution is 2.28. The molecule has 1 amide bonds. The first-order chi connectivity index (χ1) is 16.1. The number of benzene rings is 3. The van der Waals surface area contributed by atoms with Crippen LogP contribution >= 0.6 is 0 Å². The number of ether oxygens (including phenoxy) is 2. The molecule has 1 N–H and O–H groups in total. The molecule has 1 aromatic heterocycles. The van der Waals surface area contributed by atoms with Crippen molar-refractivity contribution in [3.63, 3.8) is 0 Å². The van der Waals surface area contributed by atoms with Gasteiger partial charge >= 0.3 is 0 Å². The van der Waals surface area contributed by atoms with Gasteiger partial charge in [-0.15, -0.1) is 0 Å². The molecule has 33 heavy (non-hydrogen) atoms. The molecular formula is C27H28N2O4. The van der Waals surface area contributed by atoms with Crippen molar-refractivity contribution in [2.24, 2.45) is 0 Å². The largest absolute Gasteiger partial charge is 0.497 e. The number of carbonyl (C=O) groups is 1. The average Bonchev–Trinajstić information content (AvgIpc) is 3.22. The third kappa shape index (κ3) is 5.18. The predicted molar refractivity (Wildman–Crippen MR) is 129 cm³/mol. The van der Waals surface area contributed by atoms with E-state index in [0.29, 0.717) is 12.1 Å². The number of hydrogen-bond donors (Lipinski definition) is 1. The molecular weight excluding hydrogens is 416 g/mol. The summed E-state index contributed by atoms with van der Waals surface area (Å²) in [5.41, 5.74) is 2.48. The van der Waals surface area contributed by atoms with Gasteiger partial charge in [-0.25, -0.2) is 0 Å². The maximum Gasteiger partial charge on any atom is 0.287 e. The Bertz CT molecular complexity index is 1200. The van der Waals surface area contributed by atoms with Gasteiger partial charge in [-0.3, -0.25) is 4.79 Å². The number of amides is 1. The minimum Gasteiger partial charge on any atom is -0.497 e. The zero-order valence-corrected chi connectivity index (χ0v) is 19.1. The molecule has 1 unspecified atom stereocenters. The molecule has 0 aliphatic carbocycles. The summed E-state index contributed by atoms with van der Waals surface area (Å²) in [6, 6.07) is 25.0. The fraction of sp³-hybridized carbons (Fsp3) is 0.222. The number of methoxy groups -OCH3 is 1. The van der Waals surface area contributed by atoms with Crippen LogP contribution in [-0.4, -0.2) is 38.6 Å². The molecule has 0 spiro atoms. The van der Waals surface area contributed by atoms with E-state index in [1.165, 1.54) is 0 Å². The normalized spacial score (nSPS) is 12.0. The summed E-state index contributed by atoms with van der Waals surface area (Å²) in [5, 5.41) is 3.92. The van der Waals surface area contributed by atoms with E-state index in [9.17, 15) is 4.79 Å². The summed E-state index contributed by atoms with van der Waals surface area (Å²) >= 11 is 0. The summed E-state index contributed by atoms with van der Waals surface area (Å²) in [5.74, 6) is 1.55. The lowest BCUT2D eigenvalue weighted by Gasteiger charge is -2.25. The van der Waals surface area contributed by atoms with Gasteiger partial charge < -0.3 is 24.1 Å². The number of nitrogens with zero attached hydrogens (tertiary/aromatic N) is 1. The monoisotopic (exact) mass is 444 g/mol. The van der Waals surface area contributed by atoms with E-state index in [-0.39, 0.29) is 24.3 Å². The van der Waals surface area contributed by atoms with Crippen molar-refractivity contribution in [2.75, 3.05) is 27.7 Å². The fourth-order valence-corrected chi connectivity index (χ4v) is 3.79. The number of likely N-dealkylation sites (N-methyl/N-ethyl adjacent to an activating group) is 1. The standard InChI is InChI=1S/C27H28N2O4/c1-29(2)24(19-13-15-20(31-3)16-14-19)17-28-27(30)26-23(18-32-21-9-5-4-6-10-21)22-11-7-8-12-25(22)33-26/h4-16,24H,17-18H2,1-3H3,(H,28,30). The van der Waals surface area contributed by atoms with Crippen molar-refractivity contribution < 1.29 is 18.7 Å². The van der Waals surface area contributed by atoms with Gasteiger partial charge in [-0.1, -0.05) is 48.5 Å². The maximum absolute atomic E-state index is 13.2. The molecule has 1 heterocycles. The van der Waals surface area contributed by atoms with E-state index in [4.69, 9.17) is 13.9 Å². The lowest BCUT2D eigenvalue weighted by molar-refractivity contribution is 0.0913. The third-order valence-corrected chi connectivity index (χ3v) is 5.61. The van der Waals surface area contributed by atoms with Gasteiger partial charge in [-0.05, 0) is 50.0 Å². The average molecular weight is 445 g/mol. The first kappa shape index (κ1) is 22.4. The zero-order valence-electron chi connectivity index (χ0n) is 19.1. The molecule has 0 radical (unpaired) electrons. The smallest absolute Gasteiger partial charge is 0.287 e. The molecule has 6 nitrogen and oxygen atoms in total. The number of rotatable bonds is 9. The molecule has 0 bridgehead atoms. The van der Waals surface area contributed by atoms with Crippen LogP contribution in [0.5, 0.6) is 11.5 Å². The minimum absolute atomic E-state index is 0.00625. The topological polar surface area (TPSA) is 63.9 Å². The van der Waals surface area contributed by atoms with Crippen molar-refractivity contribution >= 4 is 16.9 Å². The Morgan fingerprint density at radius 2 is 1.64 bits per heavy atom. The van der Waals surface area contributed by atoms with Crippen LogP contribution in [0.4, 0.5) is 0 Å². The Morgan fingerprint density at radius 1 is 0.939 bits per heavy atom. The van der Waals surface area contributed by atoms with Gasteiger partial charge in [-0.2, -0.15) is 0 Å². The number of nitrogens with one attached hydrogen (secondary N) is 1. The van der Waals surface area contributed by atoms with E-state index in [1.807, 2.05) is 93.0 Å². The quantitative estimate of drug-likeness (QED) is 0.391. The van der Waals surface area contributed by atoms with Gasteiger partial charge in [0.25, 0.3) is 5.91 Å². The number of hydrogen-bond acceptors (Lipinski definition) is 5. The van der Waals surface area contributed by atoms with E-state index >= 15 is 0 Å². The van der Waals surface area contributed by atoms with Crippen molar-refractivity contribution in [3.05, 3.63) is 95.7 Å². The van der Waals surface area contributed by atoms with E-state index in [2.05, 4.69) is 10.2 Å². The van der Waals surface area contributed by atoms with E-state index in [1.54, 1.807) is 7.11 Å². The highest BCUT2D eigenvalue weighted by molar-refractivity contribution is 5.99. The summed E-state index contributed by atoms with van der Waals surface area (Å²) in [7, 11) is 5.62. The van der Waals surface area contributed by atoms with Crippen LogP contribution in [0.1, 0.15) is 27.7 Å². The Hall–Kier alpha value is -3.77. The van der Waals surface area contributed by atoms with Crippen LogP contribution in [0, 0.1) is 0 Å². The van der Waals surface area contributed by atoms with Crippen molar-refractivity contribution in [3.8, 4) is 11.5 Å². The van der Waals surface area contributed by atoms with Gasteiger partial charge in [0, 0.05) is 17.5 Å². The van der Waals surface area contributed by atoms with Crippen LogP contribution in [0.3, 0.4) is 0 Å². The zero-order chi connectivity index (χ0) is 23.2. The van der Waals surface area contributed by atoms with Crippen molar-refractivity contribution in [1.82, 2.24) is 10.2 Å². The number of para-hydroxylation sites is 2. The first-order valence-electron chi connectivity index (χ1n) is 10.8. The van der Waals surface area contributed by atoms with Crippen LogP contribution in [0.15, 0.2) is 83.3 Å². The molecule has 4 aromatic rings. The maximum atomic E-state index is 13.2. The van der Waals surface area contributed by atoms with Gasteiger partial charge in [0.15, 0.2) is 5.76 Å². The summed E-state index contributed by atoms with van der Waals surface area (Å²) in [6.07, 6.45) is 0. The summed E-state index contributed by atoms with van der Waals surface area (Å²) < 4.78 is 17.2. The molecule has 6 heteroatoms. The molecule has 3 aromatic carbocycles.